The number of hydrogen-bond acceptors (Lipinski definition) is 3. The SMILES string of the molecule is C[C@@H]1CCC[C@H](C)N1C[C@@H](N)C(N)=O. The molecule has 4 N–H and O–H groups in total. The first-order valence-corrected chi connectivity index (χ1v) is 5.33. The lowest BCUT2D eigenvalue weighted by Gasteiger charge is -2.39. The van der Waals surface area contributed by atoms with Crippen molar-refractivity contribution in [2.45, 2.75) is 51.2 Å². The van der Waals surface area contributed by atoms with E-state index >= 15 is 0 Å². The number of carbonyl (C=O) groups excluding carboxylic acids is 1. The van der Waals surface area contributed by atoms with Crippen molar-refractivity contribution in [3.63, 3.8) is 0 Å². The molecule has 3 atom stereocenters. The van der Waals surface area contributed by atoms with Crippen LogP contribution in [0.4, 0.5) is 0 Å². The number of nitrogens with two attached hydrogens (primary N) is 2. The lowest BCUT2D eigenvalue weighted by molar-refractivity contribution is -0.120. The maximum atomic E-state index is 10.9. The first kappa shape index (κ1) is 11.5. The summed E-state index contributed by atoms with van der Waals surface area (Å²) in [6.07, 6.45) is 3.65. The van der Waals surface area contributed by atoms with Gasteiger partial charge in [-0.2, -0.15) is 0 Å². The van der Waals surface area contributed by atoms with E-state index in [4.69, 9.17) is 11.5 Å². The quantitative estimate of drug-likeness (QED) is 0.675. The molecule has 0 bridgehead atoms. The molecule has 4 nitrogen and oxygen atoms in total. The highest BCUT2D eigenvalue weighted by molar-refractivity contribution is 5.79. The predicted molar refractivity (Wildman–Crippen MR) is 56.7 cm³/mol. The highest BCUT2D eigenvalue weighted by Crippen LogP contribution is 2.22. The van der Waals surface area contributed by atoms with Crippen LogP contribution in [0.3, 0.4) is 0 Å². The van der Waals surface area contributed by atoms with Gasteiger partial charge in [-0.25, -0.2) is 0 Å². The molecule has 0 aromatic rings. The Labute approximate surface area is 85.6 Å². The van der Waals surface area contributed by atoms with Crippen LogP contribution < -0.4 is 11.5 Å². The van der Waals surface area contributed by atoms with Crippen LogP contribution >= 0.6 is 0 Å². The second-order valence-corrected chi connectivity index (χ2v) is 4.33. The van der Waals surface area contributed by atoms with Crippen molar-refractivity contribution in [1.29, 1.82) is 0 Å². The molecule has 82 valence electrons. The van der Waals surface area contributed by atoms with Crippen molar-refractivity contribution in [1.82, 2.24) is 4.90 Å². The molecule has 1 aliphatic rings. The molecule has 0 saturated carbocycles. The minimum Gasteiger partial charge on any atom is -0.368 e. The van der Waals surface area contributed by atoms with Gasteiger partial charge in [0.1, 0.15) is 0 Å². The average Bonchev–Trinajstić information content (AvgIpc) is 2.11. The van der Waals surface area contributed by atoms with E-state index in [0.717, 1.165) is 0 Å². The van der Waals surface area contributed by atoms with Crippen LogP contribution in [0, 0.1) is 0 Å². The highest BCUT2D eigenvalue weighted by atomic mass is 16.1. The van der Waals surface area contributed by atoms with E-state index in [1.807, 2.05) is 0 Å². The number of rotatable bonds is 3. The van der Waals surface area contributed by atoms with Crippen molar-refractivity contribution in [3.8, 4) is 0 Å². The number of nitrogens with zero attached hydrogens (tertiary/aromatic N) is 1. The van der Waals surface area contributed by atoms with Crippen LogP contribution in [0.2, 0.25) is 0 Å². The third-order valence-electron chi connectivity index (χ3n) is 3.15. The van der Waals surface area contributed by atoms with E-state index < -0.39 is 11.9 Å². The van der Waals surface area contributed by atoms with Gasteiger partial charge in [0.15, 0.2) is 0 Å². The number of primary amides is 1. The second-order valence-electron chi connectivity index (χ2n) is 4.33. The van der Waals surface area contributed by atoms with Gasteiger partial charge in [-0.3, -0.25) is 9.69 Å². The molecule has 1 fully saturated rings. The summed E-state index contributed by atoms with van der Waals surface area (Å²) in [4.78, 5) is 13.1. The van der Waals surface area contributed by atoms with Gasteiger partial charge in [0.25, 0.3) is 0 Å². The zero-order chi connectivity index (χ0) is 10.7. The van der Waals surface area contributed by atoms with Crippen molar-refractivity contribution in [2.24, 2.45) is 11.5 Å². The summed E-state index contributed by atoms with van der Waals surface area (Å²) in [7, 11) is 0. The van der Waals surface area contributed by atoms with Crippen LogP contribution in [0.5, 0.6) is 0 Å². The Morgan fingerprint density at radius 2 is 1.93 bits per heavy atom. The predicted octanol–water partition coefficient (Wildman–Crippen LogP) is 0.0619. The van der Waals surface area contributed by atoms with E-state index in [9.17, 15) is 4.79 Å². The molecule has 0 unspecified atom stereocenters. The Hall–Kier alpha value is -0.610. The van der Waals surface area contributed by atoms with Gasteiger partial charge in [0.05, 0.1) is 6.04 Å². The van der Waals surface area contributed by atoms with Crippen LogP contribution in [0.25, 0.3) is 0 Å². The van der Waals surface area contributed by atoms with Crippen molar-refractivity contribution in [3.05, 3.63) is 0 Å². The molecule has 0 aromatic heterocycles. The zero-order valence-corrected chi connectivity index (χ0v) is 9.07. The molecule has 0 aliphatic carbocycles. The highest BCUT2D eigenvalue weighted by Gasteiger charge is 2.27. The minimum absolute atomic E-state index is 0.407. The van der Waals surface area contributed by atoms with Gasteiger partial charge in [-0.15, -0.1) is 0 Å². The van der Waals surface area contributed by atoms with Gasteiger partial charge in [0.2, 0.25) is 5.91 Å². The maximum Gasteiger partial charge on any atom is 0.235 e. The summed E-state index contributed by atoms with van der Waals surface area (Å²) >= 11 is 0. The van der Waals surface area contributed by atoms with Crippen LogP contribution in [-0.4, -0.2) is 35.5 Å². The van der Waals surface area contributed by atoms with Gasteiger partial charge in [-0.1, -0.05) is 6.42 Å². The fourth-order valence-corrected chi connectivity index (χ4v) is 2.15. The number of carbonyl (C=O) groups is 1. The third-order valence-corrected chi connectivity index (χ3v) is 3.15. The summed E-state index contributed by atoms with van der Waals surface area (Å²) in [5, 5.41) is 0. The standard InChI is InChI=1S/C10H21N3O/c1-7-4-3-5-8(2)13(7)6-9(11)10(12)14/h7-9H,3-6,11H2,1-2H3,(H2,12,14)/t7-,8+,9-/m1/s1. The molecular formula is C10H21N3O. The molecule has 0 aromatic carbocycles. The van der Waals surface area contributed by atoms with Gasteiger partial charge in [0, 0.05) is 18.6 Å². The number of amides is 1. The molecule has 1 rings (SSSR count). The van der Waals surface area contributed by atoms with Crippen molar-refractivity contribution in [2.75, 3.05) is 6.54 Å². The normalized spacial score (nSPS) is 31.4. The van der Waals surface area contributed by atoms with E-state index in [1.165, 1.54) is 19.3 Å². The summed E-state index contributed by atoms with van der Waals surface area (Å²) in [5.74, 6) is -0.407. The Morgan fingerprint density at radius 1 is 1.43 bits per heavy atom. The zero-order valence-electron chi connectivity index (χ0n) is 9.07. The monoisotopic (exact) mass is 199 g/mol. The Morgan fingerprint density at radius 3 is 2.36 bits per heavy atom. The van der Waals surface area contributed by atoms with Crippen LogP contribution in [0.15, 0.2) is 0 Å². The molecular weight excluding hydrogens is 178 g/mol. The maximum absolute atomic E-state index is 10.9. The minimum atomic E-state index is -0.530. The van der Waals surface area contributed by atoms with E-state index in [0.29, 0.717) is 18.6 Å². The van der Waals surface area contributed by atoms with Crippen molar-refractivity contribution >= 4 is 5.91 Å². The summed E-state index contributed by atoms with van der Waals surface area (Å²) in [6, 6.07) is 0.506. The molecule has 14 heavy (non-hydrogen) atoms. The van der Waals surface area contributed by atoms with Gasteiger partial charge in [-0.05, 0) is 26.7 Å². The van der Waals surface area contributed by atoms with Crippen molar-refractivity contribution < 1.29 is 4.79 Å². The fraction of sp³-hybridized carbons (Fsp3) is 0.900. The topological polar surface area (TPSA) is 72.3 Å². The van der Waals surface area contributed by atoms with Crippen LogP contribution in [-0.2, 0) is 4.79 Å². The molecule has 1 amide bonds. The largest absolute Gasteiger partial charge is 0.368 e. The summed E-state index contributed by atoms with van der Waals surface area (Å²) < 4.78 is 0. The number of piperidine rings is 1. The molecule has 4 heteroatoms. The lowest BCUT2D eigenvalue weighted by Crippen LogP contribution is -2.52. The Kier molecular flexibility index (Phi) is 3.89. The molecule has 0 radical (unpaired) electrons. The summed E-state index contributed by atoms with van der Waals surface area (Å²) in [5.41, 5.74) is 10.8. The molecule has 1 saturated heterocycles. The average molecular weight is 199 g/mol. The van der Waals surface area contributed by atoms with Gasteiger partial charge >= 0.3 is 0 Å². The first-order chi connectivity index (χ1) is 6.52. The Balaban J connectivity index is 2.51. The van der Waals surface area contributed by atoms with Gasteiger partial charge < -0.3 is 11.5 Å². The smallest absolute Gasteiger partial charge is 0.235 e. The number of hydrogen-bond donors (Lipinski definition) is 2. The van der Waals surface area contributed by atoms with E-state index in [2.05, 4.69) is 18.7 Å². The van der Waals surface area contributed by atoms with Crippen LogP contribution in [0.1, 0.15) is 33.1 Å². The molecule has 1 heterocycles. The second kappa shape index (κ2) is 4.75. The fourth-order valence-electron chi connectivity index (χ4n) is 2.15. The molecule has 0 spiro atoms. The molecule has 1 aliphatic heterocycles. The summed E-state index contributed by atoms with van der Waals surface area (Å²) in [6.45, 7) is 4.96. The number of likely N-dealkylation sites (tertiary alicyclic amines) is 1. The lowest BCUT2D eigenvalue weighted by atomic mass is 9.97. The Bertz CT molecular complexity index is 198. The first-order valence-electron chi connectivity index (χ1n) is 5.33. The third kappa shape index (κ3) is 2.69. The van der Waals surface area contributed by atoms with E-state index in [1.54, 1.807) is 0 Å². The van der Waals surface area contributed by atoms with E-state index in [-0.39, 0.29) is 0 Å².